The van der Waals surface area contributed by atoms with Gasteiger partial charge in [0.25, 0.3) is 0 Å². The Bertz CT molecular complexity index is 567. The van der Waals surface area contributed by atoms with Crippen LogP contribution in [0.25, 0.3) is 6.08 Å². The maximum Gasteiger partial charge on any atom is 0.389 e. The van der Waals surface area contributed by atoms with E-state index in [1.807, 2.05) is 0 Å². The maximum absolute atomic E-state index is 13.6. The number of anilines is 1. The molecule has 21 heavy (non-hydrogen) atoms. The minimum Gasteiger partial charge on any atom is -0.478 e. The SMILES string of the molecule is O=C(O)C=Cc1ccc(NC(=O)CCC(F)(F)F)cc1F. The number of carboxylic acid groups (broad SMARTS) is 1. The number of aliphatic carboxylic acids is 1. The fourth-order valence-electron chi connectivity index (χ4n) is 1.38. The number of alkyl halides is 3. The Hall–Kier alpha value is -2.38. The molecule has 1 aromatic rings. The van der Waals surface area contributed by atoms with Gasteiger partial charge in [0, 0.05) is 23.7 Å². The largest absolute Gasteiger partial charge is 0.478 e. The van der Waals surface area contributed by atoms with Crippen molar-refractivity contribution in [3.05, 3.63) is 35.7 Å². The highest BCUT2D eigenvalue weighted by Crippen LogP contribution is 2.22. The maximum atomic E-state index is 13.6. The summed E-state index contributed by atoms with van der Waals surface area (Å²) in [4.78, 5) is 21.5. The molecule has 0 radical (unpaired) electrons. The molecule has 2 N–H and O–H groups in total. The molecule has 0 fully saturated rings. The lowest BCUT2D eigenvalue weighted by Crippen LogP contribution is -2.16. The first-order valence-electron chi connectivity index (χ1n) is 5.74. The summed E-state index contributed by atoms with van der Waals surface area (Å²) in [6, 6.07) is 3.36. The third-order valence-electron chi connectivity index (χ3n) is 2.33. The zero-order valence-corrected chi connectivity index (χ0v) is 10.6. The molecule has 0 aromatic heterocycles. The number of halogens is 4. The van der Waals surface area contributed by atoms with Gasteiger partial charge >= 0.3 is 12.1 Å². The summed E-state index contributed by atoms with van der Waals surface area (Å²) in [5.41, 5.74) is -0.0298. The number of benzene rings is 1. The van der Waals surface area contributed by atoms with Gasteiger partial charge in [-0.2, -0.15) is 13.2 Å². The molecule has 0 bridgehead atoms. The summed E-state index contributed by atoms with van der Waals surface area (Å²) in [6.07, 6.45) is -4.70. The number of nitrogens with one attached hydrogen (secondary N) is 1. The van der Waals surface area contributed by atoms with Crippen molar-refractivity contribution in [2.45, 2.75) is 19.0 Å². The van der Waals surface area contributed by atoms with E-state index >= 15 is 0 Å². The van der Waals surface area contributed by atoms with Crippen LogP contribution >= 0.6 is 0 Å². The zero-order chi connectivity index (χ0) is 16.0. The predicted octanol–water partition coefficient (Wildman–Crippen LogP) is 3.20. The molecule has 0 aliphatic carbocycles. The fourth-order valence-corrected chi connectivity index (χ4v) is 1.38. The van der Waals surface area contributed by atoms with Gasteiger partial charge in [-0.05, 0) is 24.3 Å². The first-order valence-corrected chi connectivity index (χ1v) is 5.74. The summed E-state index contributed by atoms with van der Waals surface area (Å²) in [7, 11) is 0. The predicted molar refractivity (Wildman–Crippen MR) is 67.0 cm³/mol. The van der Waals surface area contributed by atoms with Crippen molar-refractivity contribution >= 4 is 23.6 Å². The molecule has 0 saturated heterocycles. The van der Waals surface area contributed by atoms with Gasteiger partial charge < -0.3 is 10.4 Å². The van der Waals surface area contributed by atoms with Crippen LogP contribution in [0.3, 0.4) is 0 Å². The topological polar surface area (TPSA) is 66.4 Å². The van der Waals surface area contributed by atoms with Gasteiger partial charge in [0.2, 0.25) is 5.91 Å². The second-order valence-corrected chi connectivity index (χ2v) is 4.07. The standard InChI is InChI=1S/C13H11F4NO3/c14-10-7-9(3-1-8(10)2-4-12(20)21)18-11(19)5-6-13(15,16)17/h1-4,7H,5-6H2,(H,18,19)(H,20,21). The molecule has 0 saturated carbocycles. The molecule has 1 rings (SSSR count). The van der Waals surface area contributed by atoms with E-state index in [2.05, 4.69) is 5.32 Å². The van der Waals surface area contributed by atoms with Gasteiger partial charge in [-0.1, -0.05) is 0 Å². The van der Waals surface area contributed by atoms with Crippen LogP contribution in [-0.2, 0) is 9.59 Å². The van der Waals surface area contributed by atoms with Crippen LogP contribution in [0.1, 0.15) is 18.4 Å². The van der Waals surface area contributed by atoms with E-state index < -0.39 is 36.7 Å². The number of hydrogen-bond acceptors (Lipinski definition) is 2. The molecule has 114 valence electrons. The number of carboxylic acids is 1. The Labute approximate surface area is 117 Å². The first-order chi connectivity index (χ1) is 9.67. The van der Waals surface area contributed by atoms with Crippen molar-refractivity contribution in [1.82, 2.24) is 0 Å². The smallest absolute Gasteiger partial charge is 0.389 e. The summed E-state index contributed by atoms with van der Waals surface area (Å²) >= 11 is 0. The highest BCUT2D eigenvalue weighted by molar-refractivity contribution is 5.91. The molecule has 8 heteroatoms. The van der Waals surface area contributed by atoms with Crippen molar-refractivity contribution < 1.29 is 32.3 Å². The van der Waals surface area contributed by atoms with Gasteiger partial charge in [-0.15, -0.1) is 0 Å². The molecule has 4 nitrogen and oxygen atoms in total. The van der Waals surface area contributed by atoms with Gasteiger partial charge in [-0.25, -0.2) is 9.18 Å². The molecule has 0 heterocycles. The average Bonchev–Trinajstić information content (AvgIpc) is 2.34. The number of hydrogen-bond donors (Lipinski definition) is 2. The van der Waals surface area contributed by atoms with Gasteiger partial charge in [0.1, 0.15) is 5.82 Å². The lowest BCUT2D eigenvalue weighted by molar-refractivity contribution is -0.142. The average molecular weight is 305 g/mol. The van der Waals surface area contributed by atoms with Crippen molar-refractivity contribution in [3.63, 3.8) is 0 Å². The van der Waals surface area contributed by atoms with Crippen LogP contribution in [0.15, 0.2) is 24.3 Å². The van der Waals surface area contributed by atoms with Crippen molar-refractivity contribution in [2.24, 2.45) is 0 Å². The highest BCUT2D eigenvalue weighted by atomic mass is 19.4. The van der Waals surface area contributed by atoms with E-state index in [0.717, 1.165) is 18.2 Å². The number of amides is 1. The Morgan fingerprint density at radius 2 is 1.95 bits per heavy atom. The number of carbonyl (C=O) groups excluding carboxylic acids is 1. The third kappa shape index (κ3) is 6.55. The quantitative estimate of drug-likeness (QED) is 0.648. The number of rotatable bonds is 5. The van der Waals surface area contributed by atoms with E-state index in [1.54, 1.807) is 0 Å². The van der Waals surface area contributed by atoms with Crippen molar-refractivity contribution in [1.29, 1.82) is 0 Å². The molecule has 0 spiro atoms. The van der Waals surface area contributed by atoms with E-state index in [-0.39, 0.29) is 11.3 Å². The van der Waals surface area contributed by atoms with Gasteiger partial charge in [-0.3, -0.25) is 4.79 Å². The summed E-state index contributed by atoms with van der Waals surface area (Å²) in [5.74, 6) is -2.94. The minimum absolute atomic E-state index is 0.00727. The van der Waals surface area contributed by atoms with Crippen LogP contribution in [0.4, 0.5) is 23.2 Å². The molecule has 1 aromatic carbocycles. The van der Waals surface area contributed by atoms with Crippen LogP contribution in [0.5, 0.6) is 0 Å². The second kappa shape index (κ2) is 6.87. The first kappa shape index (κ1) is 16.7. The Balaban J connectivity index is 2.67. The van der Waals surface area contributed by atoms with Crippen LogP contribution in [-0.4, -0.2) is 23.2 Å². The van der Waals surface area contributed by atoms with Gasteiger partial charge in [0.05, 0.1) is 6.42 Å². The van der Waals surface area contributed by atoms with Crippen LogP contribution in [0.2, 0.25) is 0 Å². The molecule has 0 aliphatic rings. The molecule has 0 unspecified atom stereocenters. The fraction of sp³-hybridized carbons (Fsp3) is 0.231. The lowest BCUT2D eigenvalue weighted by Gasteiger charge is -2.08. The van der Waals surface area contributed by atoms with Crippen molar-refractivity contribution in [2.75, 3.05) is 5.32 Å². The monoisotopic (exact) mass is 305 g/mol. The Morgan fingerprint density at radius 1 is 1.29 bits per heavy atom. The highest BCUT2D eigenvalue weighted by Gasteiger charge is 2.27. The van der Waals surface area contributed by atoms with Crippen LogP contribution in [0, 0.1) is 5.82 Å². The van der Waals surface area contributed by atoms with E-state index in [0.29, 0.717) is 0 Å². The lowest BCUT2D eigenvalue weighted by atomic mass is 10.1. The Kier molecular flexibility index (Phi) is 5.45. The molecule has 1 amide bonds. The van der Waals surface area contributed by atoms with E-state index in [1.165, 1.54) is 12.1 Å². The normalized spacial score (nSPS) is 11.6. The molecular formula is C13H11F4NO3. The molecule has 0 atom stereocenters. The Morgan fingerprint density at radius 3 is 2.48 bits per heavy atom. The molecule has 0 aliphatic heterocycles. The van der Waals surface area contributed by atoms with Crippen LogP contribution < -0.4 is 5.32 Å². The number of carbonyl (C=O) groups is 2. The zero-order valence-electron chi connectivity index (χ0n) is 10.6. The summed E-state index contributed by atoms with van der Waals surface area (Å²) in [6.45, 7) is 0. The minimum atomic E-state index is -4.44. The van der Waals surface area contributed by atoms with E-state index in [9.17, 15) is 27.2 Å². The summed E-state index contributed by atoms with van der Waals surface area (Å²) < 4.78 is 49.3. The second-order valence-electron chi connectivity index (χ2n) is 4.07. The van der Waals surface area contributed by atoms with Gasteiger partial charge in [0.15, 0.2) is 0 Å². The third-order valence-corrected chi connectivity index (χ3v) is 2.33. The van der Waals surface area contributed by atoms with E-state index in [4.69, 9.17) is 5.11 Å². The van der Waals surface area contributed by atoms with Crippen molar-refractivity contribution in [3.8, 4) is 0 Å². The summed E-state index contributed by atoms with van der Waals surface area (Å²) in [5, 5.41) is 10.5. The molecular weight excluding hydrogens is 294 g/mol.